The van der Waals surface area contributed by atoms with Gasteiger partial charge in [0.1, 0.15) is 11.5 Å². The molecule has 3 atom stereocenters. The monoisotopic (exact) mass is 605 g/mol. The molecule has 0 spiro atoms. The van der Waals surface area contributed by atoms with Crippen molar-refractivity contribution in [3.8, 4) is 11.5 Å². The molecule has 0 N–H and O–H groups in total. The first-order valence-electron chi connectivity index (χ1n) is 15.0. The number of allylic oxidation sites excluding steroid dienone is 7. The summed E-state index contributed by atoms with van der Waals surface area (Å²) in [6, 6.07) is 18.3. The highest BCUT2D eigenvalue weighted by molar-refractivity contribution is 7.77. The summed E-state index contributed by atoms with van der Waals surface area (Å²) in [5, 5.41) is 7.05. The number of hydrogen-bond donors (Lipinski definition) is 0. The van der Waals surface area contributed by atoms with E-state index in [4.69, 9.17) is 9.47 Å². The van der Waals surface area contributed by atoms with Gasteiger partial charge in [-0.2, -0.15) is 0 Å². The van der Waals surface area contributed by atoms with Gasteiger partial charge in [-0.15, -0.1) is 5.73 Å². The Balaban J connectivity index is 1.67. The SMILES string of the molecule is COc1c(C)cc(P(C2=CC=C=C2[C@@H](C)P(C2=C[CH]C=CC2C)c2ccccc2C)c2cc(C)c(OC)c(C)c2)cc1C. The van der Waals surface area contributed by atoms with Gasteiger partial charge in [0.25, 0.3) is 0 Å². The van der Waals surface area contributed by atoms with Gasteiger partial charge in [0.2, 0.25) is 0 Å². The summed E-state index contributed by atoms with van der Waals surface area (Å²) >= 11 is 0. The van der Waals surface area contributed by atoms with Crippen LogP contribution >= 0.6 is 15.8 Å². The van der Waals surface area contributed by atoms with Crippen molar-refractivity contribution in [2.24, 2.45) is 5.92 Å². The van der Waals surface area contributed by atoms with Gasteiger partial charge < -0.3 is 9.47 Å². The summed E-state index contributed by atoms with van der Waals surface area (Å²) in [6.45, 7) is 15.7. The van der Waals surface area contributed by atoms with E-state index in [1.807, 2.05) is 0 Å². The molecule has 2 unspecified atom stereocenters. The summed E-state index contributed by atoms with van der Waals surface area (Å²) < 4.78 is 11.6. The molecule has 0 bridgehead atoms. The molecule has 1 radical (unpaired) electrons. The van der Waals surface area contributed by atoms with Crippen LogP contribution in [0.3, 0.4) is 0 Å². The topological polar surface area (TPSA) is 18.5 Å². The minimum atomic E-state index is -0.865. The molecule has 3 aromatic rings. The molecule has 3 aromatic carbocycles. The Labute approximate surface area is 261 Å². The highest BCUT2D eigenvalue weighted by Gasteiger charge is 2.34. The van der Waals surface area contributed by atoms with E-state index in [1.54, 1.807) is 14.2 Å². The predicted octanol–water partition coefficient (Wildman–Crippen LogP) is 9.15. The standard InChI is InChI=1S/C39H43O2P2/c1-25-15-10-12-18-35(25)42(36-19-13-11-16-26(36)2)31(7)34-17-14-20-37(34)43(32-21-27(3)38(40-8)28(4)22-32)33-23-29(5)39(41-9)30(6)24-33/h10-16,18-25,31H,1-9H3/t25?,31-,42?/m1/s1. The number of rotatable bonds is 9. The lowest BCUT2D eigenvalue weighted by Crippen LogP contribution is -2.22. The van der Waals surface area contributed by atoms with Crippen LogP contribution in [0.2, 0.25) is 0 Å². The Morgan fingerprint density at radius 2 is 1.33 bits per heavy atom. The van der Waals surface area contributed by atoms with Crippen molar-refractivity contribution in [3.63, 3.8) is 0 Å². The fourth-order valence-corrected chi connectivity index (χ4v) is 12.6. The van der Waals surface area contributed by atoms with Crippen molar-refractivity contribution in [1.29, 1.82) is 0 Å². The van der Waals surface area contributed by atoms with Crippen LogP contribution in [0.4, 0.5) is 0 Å². The maximum atomic E-state index is 5.78. The molecule has 4 heteroatoms. The molecule has 0 saturated heterocycles. The summed E-state index contributed by atoms with van der Waals surface area (Å²) in [6.07, 6.45) is 13.6. The third-order valence-electron chi connectivity index (χ3n) is 8.51. The lowest BCUT2D eigenvalue weighted by Gasteiger charge is -2.35. The number of methoxy groups -OCH3 is 2. The summed E-state index contributed by atoms with van der Waals surface area (Å²) in [5.74, 6) is 2.33. The van der Waals surface area contributed by atoms with Gasteiger partial charge in [-0.05, 0) is 147 Å². The lowest BCUT2D eigenvalue weighted by atomic mass is 10.1. The first-order chi connectivity index (χ1) is 20.7. The third kappa shape index (κ3) is 6.12. The summed E-state index contributed by atoms with van der Waals surface area (Å²) in [5.41, 5.74) is 11.4. The molecule has 2 aliphatic carbocycles. The molecule has 2 aliphatic rings. The Bertz CT molecular complexity index is 1590. The van der Waals surface area contributed by atoms with E-state index >= 15 is 0 Å². The zero-order valence-electron chi connectivity index (χ0n) is 26.9. The second-order valence-electron chi connectivity index (χ2n) is 11.6. The van der Waals surface area contributed by atoms with Crippen LogP contribution in [0.5, 0.6) is 11.5 Å². The fraction of sp³-hybridized carbons (Fsp3) is 0.282. The maximum absolute atomic E-state index is 5.78. The van der Waals surface area contributed by atoms with Crippen LogP contribution in [0.1, 0.15) is 41.7 Å². The first-order valence-corrected chi connectivity index (χ1v) is 17.8. The van der Waals surface area contributed by atoms with E-state index in [1.165, 1.54) is 59.9 Å². The zero-order valence-corrected chi connectivity index (χ0v) is 28.7. The van der Waals surface area contributed by atoms with E-state index in [9.17, 15) is 0 Å². The van der Waals surface area contributed by atoms with Gasteiger partial charge in [0.15, 0.2) is 0 Å². The molecular weight excluding hydrogens is 562 g/mol. The highest BCUT2D eigenvalue weighted by Crippen LogP contribution is 2.60. The van der Waals surface area contributed by atoms with E-state index in [2.05, 4.69) is 140 Å². The average Bonchev–Trinajstić information content (AvgIpc) is 3.44. The van der Waals surface area contributed by atoms with Crippen molar-refractivity contribution >= 4 is 31.8 Å². The Kier molecular flexibility index (Phi) is 9.63. The van der Waals surface area contributed by atoms with Gasteiger partial charge in [0.05, 0.1) is 14.2 Å². The molecular formula is C39H43O2P2. The number of aryl methyl sites for hydroxylation is 5. The fourth-order valence-electron chi connectivity index (χ4n) is 6.56. The number of ether oxygens (including phenoxy) is 2. The Morgan fingerprint density at radius 3 is 1.84 bits per heavy atom. The normalized spacial score (nSPS) is 17.4. The van der Waals surface area contributed by atoms with Crippen LogP contribution in [0.15, 0.2) is 101 Å². The summed E-state index contributed by atoms with van der Waals surface area (Å²) in [4.78, 5) is 0. The van der Waals surface area contributed by atoms with Gasteiger partial charge in [-0.3, -0.25) is 0 Å². The van der Waals surface area contributed by atoms with Crippen molar-refractivity contribution in [2.45, 2.75) is 54.1 Å². The molecule has 2 nitrogen and oxygen atoms in total. The zero-order chi connectivity index (χ0) is 30.8. The number of benzene rings is 3. The Hall–Kier alpha value is -3.14. The molecule has 0 aliphatic heterocycles. The smallest absolute Gasteiger partial charge is 0.124 e. The van der Waals surface area contributed by atoms with Crippen LogP contribution in [-0.2, 0) is 0 Å². The molecule has 43 heavy (non-hydrogen) atoms. The van der Waals surface area contributed by atoms with E-state index in [-0.39, 0.29) is 0 Å². The quantitative estimate of drug-likeness (QED) is 0.179. The van der Waals surface area contributed by atoms with E-state index in [0.717, 1.165) is 11.5 Å². The van der Waals surface area contributed by atoms with Gasteiger partial charge in [-0.1, -0.05) is 56.3 Å². The van der Waals surface area contributed by atoms with Crippen LogP contribution < -0.4 is 25.4 Å². The summed E-state index contributed by atoms with van der Waals surface area (Å²) in [7, 11) is 2.02. The lowest BCUT2D eigenvalue weighted by molar-refractivity contribution is 0.408. The molecule has 0 amide bonds. The van der Waals surface area contributed by atoms with Gasteiger partial charge >= 0.3 is 0 Å². The first kappa shape index (κ1) is 31.3. The predicted molar refractivity (Wildman–Crippen MR) is 189 cm³/mol. The number of hydrogen-bond acceptors (Lipinski definition) is 2. The maximum Gasteiger partial charge on any atom is 0.124 e. The second-order valence-corrected chi connectivity index (χ2v) is 16.3. The van der Waals surface area contributed by atoms with Crippen molar-refractivity contribution in [1.82, 2.24) is 0 Å². The largest absolute Gasteiger partial charge is 0.496 e. The van der Waals surface area contributed by atoms with Crippen LogP contribution in [0, 0.1) is 47.0 Å². The second kappa shape index (κ2) is 13.2. The van der Waals surface area contributed by atoms with Crippen molar-refractivity contribution in [2.75, 3.05) is 14.2 Å². The third-order valence-corrected chi connectivity index (χ3v) is 14.1. The average molecular weight is 606 g/mol. The van der Waals surface area contributed by atoms with Gasteiger partial charge in [-0.25, -0.2) is 0 Å². The van der Waals surface area contributed by atoms with Crippen LogP contribution in [-0.4, -0.2) is 19.9 Å². The van der Waals surface area contributed by atoms with Crippen molar-refractivity contribution < 1.29 is 9.47 Å². The van der Waals surface area contributed by atoms with Crippen LogP contribution in [0.25, 0.3) is 0 Å². The molecule has 0 aromatic heterocycles. The van der Waals surface area contributed by atoms with Gasteiger partial charge in [0, 0.05) is 17.7 Å². The molecule has 5 rings (SSSR count). The minimum absolute atomic E-state index is 0.292. The molecule has 0 heterocycles. The Morgan fingerprint density at radius 1 is 0.767 bits per heavy atom. The molecule has 0 saturated carbocycles. The minimum Gasteiger partial charge on any atom is -0.496 e. The van der Waals surface area contributed by atoms with E-state index in [0.29, 0.717) is 11.6 Å². The highest BCUT2D eigenvalue weighted by atomic mass is 31.1. The molecule has 0 fully saturated rings. The molecule has 221 valence electrons. The van der Waals surface area contributed by atoms with Crippen molar-refractivity contribution in [3.05, 3.63) is 135 Å². The van der Waals surface area contributed by atoms with E-state index < -0.39 is 15.8 Å².